The molecule has 0 saturated heterocycles. The summed E-state index contributed by atoms with van der Waals surface area (Å²) in [5.41, 5.74) is 1.03. The second-order valence-electron chi connectivity index (χ2n) is 3.87. The molecular formula is C13H17Br2NO2. The first-order valence-electron chi connectivity index (χ1n) is 5.74. The molecule has 3 nitrogen and oxygen atoms in total. The maximum absolute atomic E-state index is 12.1. The Morgan fingerprint density at radius 2 is 1.94 bits per heavy atom. The van der Waals surface area contributed by atoms with Crippen LogP contribution in [-0.4, -0.2) is 42.9 Å². The molecular weight excluding hydrogens is 362 g/mol. The third-order valence-electron chi connectivity index (χ3n) is 2.54. The van der Waals surface area contributed by atoms with E-state index in [9.17, 15) is 4.79 Å². The molecule has 0 spiro atoms. The molecule has 0 radical (unpaired) electrons. The van der Waals surface area contributed by atoms with Gasteiger partial charge < -0.3 is 9.64 Å². The van der Waals surface area contributed by atoms with Crippen molar-refractivity contribution >= 4 is 37.8 Å². The molecule has 0 aliphatic heterocycles. The van der Waals surface area contributed by atoms with Gasteiger partial charge in [0, 0.05) is 30.0 Å². The van der Waals surface area contributed by atoms with Gasteiger partial charge in [-0.25, -0.2) is 0 Å². The van der Waals surface area contributed by atoms with Crippen molar-refractivity contribution in [2.24, 2.45) is 0 Å². The summed E-state index contributed by atoms with van der Waals surface area (Å²) in [5, 5.41) is 0.781. The number of hydrogen-bond donors (Lipinski definition) is 0. The van der Waals surface area contributed by atoms with Crippen LogP contribution in [0.5, 0.6) is 0 Å². The highest BCUT2D eigenvalue weighted by Crippen LogP contribution is 2.11. The number of amides is 1. The molecule has 0 unspecified atom stereocenters. The maximum atomic E-state index is 12.1. The van der Waals surface area contributed by atoms with E-state index in [0.717, 1.165) is 15.4 Å². The molecule has 0 atom stereocenters. The fourth-order valence-corrected chi connectivity index (χ4v) is 2.25. The average Bonchev–Trinajstić information content (AvgIpc) is 2.37. The van der Waals surface area contributed by atoms with Crippen LogP contribution < -0.4 is 0 Å². The lowest BCUT2D eigenvalue weighted by molar-refractivity contribution is -0.130. The Bertz CT molecular complexity index is 368. The Balaban J connectivity index is 2.57. The second kappa shape index (κ2) is 8.67. The zero-order valence-corrected chi connectivity index (χ0v) is 13.5. The topological polar surface area (TPSA) is 29.5 Å². The average molecular weight is 379 g/mol. The summed E-state index contributed by atoms with van der Waals surface area (Å²) in [5.74, 6) is 0.133. The van der Waals surface area contributed by atoms with Gasteiger partial charge in [0.15, 0.2) is 0 Å². The number of rotatable bonds is 7. The number of halogens is 2. The van der Waals surface area contributed by atoms with Gasteiger partial charge in [0.1, 0.15) is 0 Å². The van der Waals surface area contributed by atoms with Crippen LogP contribution in [-0.2, 0) is 16.0 Å². The number of alkyl halides is 1. The maximum Gasteiger partial charge on any atom is 0.227 e. The van der Waals surface area contributed by atoms with E-state index < -0.39 is 0 Å². The second-order valence-corrected chi connectivity index (χ2v) is 5.57. The molecule has 0 aliphatic rings. The van der Waals surface area contributed by atoms with E-state index in [1.807, 2.05) is 29.2 Å². The van der Waals surface area contributed by atoms with Crippen LogP contribution in [0.2, 0.25) is 0 Å². The first kappa shape index (κ1) is 15.7. The fourth-order valence-electron chi connectivity index (χ4n) is 1.55. The van der Waals surface area contributed by atoms with Crippen LogP contribution in [0, 0.1) is 0 Å². The largest absolute Gasteiger partial charge is 0.383 e. The van der Waals surface area contributed by atoms with Gasteiger partial charge >= 0.3 is 0 Å². The normalized spacial score (nSPS) is 10.4. The summed E-state index contributed by atoms with van der Waals surface area (Å²) < 4.78 is 6.04. The van der Waals surface area contributed by atoms with Crippen LogP contribution in [0.15, 0.2) is 28.7 Å². The van der Waals surface area contributed by atoms with Gasteiger partial charge in [0.2, 0.25) is 5.91 Å². The van der Waals surface area contributed by atoms with Gasteiger partial charge in [-0.1, -0.05) is 44.0 Å². The molecule has 1 rings (SSSR count). The highest BCUT2D eigenvalue weighted by Gasteiger charge is 2.12. The molecule has 1 amide bonds. The Morgan fingerprint density at radius 3 is 2.50 bits per heavy atom. The van der Waals surface area contributed by atoms with E-state index >= 15 is 0 Å². The van der Waals surface area contributed by atoms with E-state index in [1.54, 1.807) is 7.11 Å². The number of benzene rings is 1. The quantitative estimate of drug-likeness (QED) is 0.682. The van der Waals surface area contributed by atoms with Gasteiger partial charge in [-0.05, 0) is 17.7 Å². The molecule has 0 N–H and O–H groups in total. The zero-order chi connectivity index (χ0) is 13.4. The first-order chi connectivity index (χ1) is 8.67. The van der Waals surface area contributed by atoms with Crippen molar-refractivity contribution in [3.63, 3.8) is 0 Å². The van der Waals surface area contributed by atoms with Crippen molar-refractivity contribution in [2.75, 3.05) is 32.1 Å². The number of carbonyl (C=O) groups excluding carboxylic acids is 1. The van der Waals surface area contributed by atoms with Gasteiger partial charge in [-0.2, -0.15) is 0 Å². The molecule has 1 aromatic carbocycles. The minimum Gasteiger partial charge on any atom is -0.383 e. The van der Waals surface area contributed by atoms with E-state index in [4.69, 9.17) is 4.74 Å². The van der Waals surface area contributed by atoms with Gasteiger partial charge in [-0.15, -0.1) is 0 Å². The zero-order valence-electron chi connectivity index (χ0n) is 10.4. The van der Waals surface area contributed by atoms with E-state index in [-0.39, 0.29) is 5.91 Å². The van der Waals surface area contributed by atoms with E-state index in [2.05, 4.69) is 31.9 Å². The molecule has 0 heterocycles. The van der Waals surface area contributed by atoms with Crippen LogP contribution in [0.1, 0.15) is 5.56 Å². The monoisotopic (exact) mass is 377 g/mol. The van der Waals surface area contributed by atoms with Gasteiger partial charge in [0.25, 0.3) is 0 Å². The standard InChI is InChI=1S/C13H17Br2NO2/c1-18-9-8-16(7-6-14)13(17)10-11-2-4-12(15)5-3-11/h2-5H,6-10H2,1H3. The van der Waals surface area contributed by atoms with Crippen molar-refractivity contribution in [1.82, 2.24) is 4.90 Å². The lowest BCUT2D eigenvalue weighted by Gasteiger charge is -2.21. The minimum absolute atomic E-state index is 0.133. The summed E-state index contributed by atoms with van der Waals surface area (Å²) >= 11 is 6.75. The number of methoxy groups -OCH3 is 1. The van der Waals surface area contributed by atoms with E-state index in [1.165, 1.54) is 0 Å². The van der Waals surface area contributed by atoms with Crippen molar-refractivity contribution in [3.8, 4) is 0 Å². The lowest BCUT2D eigenvalue weighted by Crippen LogP contribution is -2.36. The predicted octanol–water partition coefficient (Wildman–Crippen LogP) is 2.86. The number of hydrogen-bond acceptors (Lipinski definition) is 2. The third-order valence-corrected chi connectivity index (χ3v) is 3.42. The highest BCUT2D eigenvalue weighted by molar-refractivity contribution is 9.10. The van der Waals surface area contributed by atoms with Crippen LogP contribution >= 0.6 is 31.9 Å². The summed E-state index contributed by atoms with van der Waals surface area (Å²) in [4.78, 5) is 14.0. The smallest absolute Gasteiger partial charge is 0.227 e. The van der Waals surface area contributed by atoms with Gasteiger partial charge in [0.05, 0.1) is 13.0 Å². The SMILES string of the molecule is COCCN(CCBr)C(=O)Cc1ccc(Br)cc1. The highest BCUT2D eigenvalue weighted by atomic mass is 79.9. The molecule has 100 valence electrons. The number of ether oxygens (including phenoxy) is 1. The Morgan fingerprint density at radius 1 is 1.28 bits per heavy atom. The summed E-state index contributed by atoms with van der Waals surface area (Å²) in [7, 11) is 1.64. The number of nitrogens with zero attached hydrogens (tertiary/aromatic N) is 1. The van der Waals surface area contributed by atoms with Crippen molar-refractivity contribution in [2.45, 2.75) is 6.42 Å². The van der Waals surface area contributed by atoms with Gasteiger partial charge in [-0.3, -0.25) is 4.79 Å². The Kier molecular flexibility index (Phi) is 7.54. The first-order valence-corrected chi connectivity index (χ1v) is 7.66. The molecule has 0 fully saturated rings. The molecule has 0 aromatic heterocycles. The van der Waals surface area contributed by atoms with Crippen LogP contribution in [0.3, 0.4) is 0 Å². The van der Waals surface area contributed by atoms with Crippen molar-refractivity contribution in [1.29, 1.82) is 0 Å². The summed E-state index contributed by atoms with van der Waals surface area (Å²) in [6.45, 7) is 1.91. The molecule has 18 heavy (non-hydrogen) atoms. The third kappa shape index (κ3) is 5.50. The van der Waals surface area contributed by atoms with Crippen molar-refractivity contribution < 1.29 is 9.53 Å². The fraction of sp³-hybridized carbons (Fsp3) is 0.462. The molecule has 1 aromatic rings. The van der Waals surface area contributed by atoms with Crippen LogP contribution in [0.4, 0.5) is 0 Å². The summed E-state index contributed by atoms with van der Waals surface area (Å²) in [6.07, 6.45) is 0.435. The molecule has 0 saturated carbocycles. The van der Waals surface area contributed by atoms with Crippen LogP contribution in [0.25, 0.3) is 0 Å². The van der Waals surface area contributed by atoms with Crippen molar-refractivity contribution in [3.05, 3.63) is 34.3 Å². The lowest BCUT2D eigenvalue weighted by atomic mass is 10.1. The Hall–Kier alpha value is -0.390. The predicted molar refractivity (Wildman–Crippen MR) is 80.1 cm³/mol. The Labute approximate surface area is 125 Å². The summed E-state index contributed by atoms with van der Waals surface area (Å²) in [6, 6.07) is 7.83. The number of carbonyl (C=O) groups is 1. The van der Waals surface area contributed by atoms with E-state index in [0.29, 0.717) is 26.1 Å². The molecule has 0 bridgehead atoms. The molecule has 0 aliphatic carbocycles. The minimum atomic E-state index is 0.133. The molecule has 5 heteroatoms.